The van der Waals surface area contributed by atoms with E-state index < -0.39 is 0 Å². The van der Waals surface area contributed by atoms with Gasteiger partial charge >= 0.3 is 0 Å². The second kappa shape index (κ2) is 4.13. The summed E-state index contributed by atoms with van der Waals surface area (Å²) in [6, 6.07) is 7.49. The topological polar surface area (TPSA) is 41.6 Å². The third-order valence-electron chi connectivity index (χ3n) is 2.47. The number of nitrogens with one attached hydrogen (secondary N) is 1. The number of hydrogen-bond donors (Lipinski definition) is 1. The first-order chi connectivity index (χ1) is 8.24. The molecule has 1 N–H and O–H groups in total. The number of pyridine rings is 1. The highest BCUT2D eigenvalue weighted by atomic mass is 79.9. The summed E-state index contributed by atoms with van der Waals surface area (Å²) in [6.07, 6.45) is 3.49. The molecular weight excluding hydrogens is 302 g/mol. The average molecular weight is 309 g/mol. The molecule has 0 unspecified atom stereocenters. The minimum absolute atomic E-state index is 0.693. The second-order valence-corrected chi connectivity index (χ2v) is 4.89. The lowest BCUT2D eigenvalue weighted by atomic mass is 10.2. The fourth-order valence-corrected chi connectivity index (χ4v) is 2.54. The molecule has 0 fully saturated rings. The Labute approximate surface area is 111 Å². The third kappa shape index (κ3) is 1.94. The van der Waals surface area contributed by atoms with E-state index in [1.54, 1.807) is 12.4 Å². The lowest BCUT2D eigenvalue weighted by molar-refractivity contribution is 1.32. The number of aromatic nitrogens is 3. The minimum Gasteiger partial charge on any atom is -0.337 e. The Kier molecular flexibility index (Phi) is 2.61. The number of hydrogen-bond acceptors (Lipinski definition) is 2. The van der Waals surface area contributed by atoms with Crippen molar-refractivity contribution in [1.29, 1.82) is 0 Å². The van der Waals surface area contributed by atoms with Gasteiger partial charge in [0.15, 0.2) is 0 Å². The van der Waals surface area contributed by atoms with Gasteiger partial charge in [0.05, 0.1) is 17.2 Å². The van der Waals surface area contributed by atoms with Crippen molar-refractivity contribution in [1.82, 2.24) is 15.0 Å². The van der Waals surface area contributed by atoms with Crippen LogP contribution in [0.1, 0.15) is 0 Å². The fraction of sp³-hybridized carbons (Fsp3) is 0. The van der Waals surface area contributed by atoms with Crippen LogP contribution in [0.25, 0.3) is 22.4 Å². The first-order valence-corrected chi connectivity index (χ1v) is 6.16. The molecule has 2 heterocycles. The molecule has 1 aromatic carbocycles. The molecule has 2 aromatic heterocycles. The Morgan fingerprint density at radius 3 is 2.88 bits per heavy atom. The van der Waals surface area contributed by atoms with Gasteiger partial charge in [0.1, 0.15) is 5.82 Å². The predicted octanol–water partition coefficient (Wildman–Crippen LogP) is 4.04. The summed E-state index contributed by atoms with van der Waals surface area (Å²) < 4.78 is 0.914. The molecule has 0 aliphatic rings. The van der Waals surface area contributed by atoms with Crippen LogP contribution in [0.15, 0.2) is 41.1 Å². The van der Waals surface area contributed by atoms with E-state index in [2.05, 4.69) is 30.9 Å². The highest BCUT2D eigenvalue weighted by Gasteiger charge is 2.08. The maximum atomic E-state index is 5.91. The molecule has 0 amide bonds. The summed E-state index contributed by atoms with van der Waals surface area (Å²) in [5.41, 5.74) is 2.80. The lowest BCUT2D eigenvalue weighted by Gasteiger charge is -2.00. The third-order valence-corrected chi connectivity index (χ3v) is 3.36. The van der Waals surface area contributed by atoms with Gasteiger partial charge in [-0.2, -0.15) is 0 Å². The molecular formula is C12H7BrClN3. The van der Waals surface area contributed by atoms with Crippen LogP contribution in [-0.2, 0) is 0 Å². The van der Waals surface area contributed by atoms with Crippen molar-refractivity contribution in [3.05, 3.63) is 46.2 Å². The van der Waals surface area contributed by atoms with Gasteiger partial charge in [-0.05, 0) is 40.2 Å². The van der Waals surface area contributed by atoms with Crippen LogP contribution in [0.4, 0.5) is 0 Å². The van der Waals surface area contributed by atoms with E-state index in [4.69, 9.17) is 11.6 Å². The first kappa shape index (κ1) is 10.7. The standard InChI is InChI=1S/C12H7BrClN3/c13-9-5-7(14)1-2-8(9)12-16-10-3-4-15-6-11(10)17-12/h1-6H,(H,16,17). The van der Waals surface area contributed by atoms with Gasteiger partial charge in [0, 0.05) is 21.3 Å². The Balaban J connectivity index is 2.20. The number of halogens is 2. The van der Waals surface area contributed by atoms with Crippen molar-refractivity contribution in [2.45, 2.75) is 0 Å². The largest absolute Gasteiger partial charge is 0.337 e. The molecule has 5 heteroatoms. The molecule has 0 radical (unpaired) electrons. The molecule has 0 atom stereocenters. The van der Waals surface area contributed by atoms with Crippen molar-refractivity contribution < 1.29 is 0 Å². The summed E-state index contributed by atoms with van der Waals surface area (Å²) in [6.45, 7) is 0. The van der Waals surface area contributed by atoms with Crippen LogP contribution in [0.2, 0.25) is 5.02 Å². The number of rotatable bonds is 1. The second-order valence-electron chi connectivity index (χ2n) is 3.60. The molecule has 0 saturated carbocycles. The van der Waals surface area contributed by atoms with E-state index in [0.29, 0.717) is 5.02 Å². The quantitative estimate of drug-likeness (QED) is 0.737. The summed E-state index contributed by atoms with van der Waals surface area (Å²) in [5, 5.41) is 0.693. The average Bonchev–Trinajstić information content (AvgIpc) is 2.72. The number of fused-ring (bicyclic) bond motifs is 1. The van der Waals surface area contributed by atoms with E-state index in [0.717, 1.165) is 26.9 Å². The van der Waals surface area contributed by atoms with Gasteiger partial charge in [0.2, 0.25) is 0 Å². The Morgan fingerprint density at radius 2 is 2.12 bits per heavy atom. The summed E-state index contributed by atoms with van der Waals surface area (Å²) in [4.78, 5) is 11.8. The van der Waals surface area contributed by atoms with E-state index in [-0.39, 0.29) is 0 Å². The van der Waals surface area contributed by atoms with E-state index >= 15 is 0 Å². The number of aromatic amines is 1. The van der Waals surface area contributed by atoms with E-state index in [1.807, 2.05) is 24.3 Å². The first-order valence-electron chi connectivity index (χ1n) is 4.99. The molecule has 3 aromatic rings. The highest BCUT2D eigenvalue weighted by Crippen LogP contribution is 2.29. The van der Waals surface area contributed by atoms with Gasteiger partial charge in [-0.25, -0.2) is 4.98 Å². The Hall–Kier alpha value is -1.39. The molecule has 0 spiro atoms. The Bertz CT molecular complexity index is 660. The smallest absolute Gasteiger partial charge is 0.139 e. The molecule has 84 valence electrons. The van der Waals surface area contributed by atoms with Crippen LogP contribution in [0.5, 0.6) is 0 Å². The number of nitrogens with zero attached hydrogens (tertiary/aromatic N) is 2. The normalized spacial score (nSPS) is 10.9. The minimum atomic E-state index is 0.693. The monoisotopic (exact) mass is 307 g/mol. The van der Waals surface area contributed by atoms with Gasteiger partial charge < -0.3 is 4.98 Å². The zero-order valence-corrected chi connectivity index (χ0v) is 11.0. The van der Waals surface area contributed by atoms with Crippen molar-refractivity contribution in [2.75, 3.05) is 0 Å². The Morgan fingerprint density at radius 1 is 1.24 bits per heavy atom. The van der Waals surface area contributed by atoms with Crippen LogP contribution in [0, 0.1) is 0 Å². The zero-order valence-electron chi connectivity index (χ0n) is 8.61. The van der Waals surface area contributed by atoms with Crippen LogP contribution < -0.4 is 0 Å². The maximum absolute atomic E-state index is 5.91. The summed E-state index contributed by atoms with van der Waals surface area (Å²) in [7, 11) is 0. The number of imidazole rings is 1. The molecule has 17 heavy (non-hydrogen) atoms. The molecule has 3 rings (SSSR count). The van der Waals surface area contributed by atoms with E-state index in [1.165, 1.54) is 0 Å². The van der Waals surface area contributed by atoms with Gasteiger partial charge in [0.25, 0.3) is 0 Å². The van der Waals surface area contributed by atoms with Crippen molar-refractivity contribution in [3.63, 3.8) is 0 Å². The zero-order chi connectivity index (χ0) is 11.8. The molecule has 0 aliphatic heterocycles. The highest BCUT2D eigenvalue weighted by molar-refractivity contribution is 9.10. The maximum Gasteiger partial charge on any atom is 0.139 e. The van der Waals surface area contributed by atoms with Gasteiger partial charge in [-0.1, -0.05) is 11.6 Å². The molecule has 0 bridgehead atoms. The molecule has 0 saturated heterocycles. The van der Waals surface area contributed by atoms with Gasteiger partial charge in [-0.3, -0.25) is 4.98 Å². The van der Waals surface area contributed by atoms with Crippen molar-refractivity contribution >= 4 is 38.6 Å². The van der Waals surface area contributed by atoms with Gasteiger partial charge in [-0.15, -0.1) is 0 Å². The molecule has 0 aliphatic carbocycles. The van der Waals surface area contributed by atoms with Crippen LogP contribution in [-0.4, -0.2) is 15.0 Å². The van der Waals surface area contributed by atoms with Crippen LogP contribution >= 0.6 is 27.5 Å². The lowest BCUT2D eigenvalue weighted by Crippen LogP contribution is -1.82. The number of H-pyrrole nitrogens is 1. The summed E-state index contributed by atoms with van der Waals surface area (Å²) >= 11 is 9.39. The van der Waals surface area contributed by atoms with Crippen molar-refractivity contribution in [2.24, 2.45) is 0 Å². The number of benzene rings is 1. The summed E-state index contributed by atoms with van der Waals surface area (Å²) in [5.74, 6) is 0.802. The van der Waals surface area contributed by atoms with Crippen molar-refractivity contribution in [3.8, 4) is 11.4 Å². The van der Waals surface area contributed by atoms with E-state index in [9.17, 15) is 0 Å². The SMILES string of the molecule is Clc1ccc(-c2nc3ccncc3[nH]2)c(Br)c1. The molecule has 3 nitrogen and oxygen atoms in total. The van der Waals surface area contributed by atoms with Crippen LogP contribution in [0.3, 0.4) is 0 Å². The predicted molar refractivity (Wildman–Crippen MR) is 72.0 cm³/mol. The fourth-order valence-electron chi connectivity index (χ4n) is 1.67.